The number of likely N-dealkylation sites (tertiary alicyclic amines) is 1. The van der Waals surface area contributed by atoms with E-state index in [0.717, 1.165) is 55.8 Å². The Morgan fingerprint density at radius 3 is 2.56 bits per heavy atom. The molecule has 2 aromatic carbocycles. The predicted octanol–water partition coefficient (Wildman–Crippen LogP) is 5.36. The van der Waals surface area contributed by atoms with Crippen molar-refractivity contribution < 1.29 is 14.3 Å². The molecule has 184 valence electrons. The van der Waals surface area contributed by atoms with E-state index in [4.69, 9.17) is 9.47 Å². The molecule has 34 heavy (non-hydrogen) atoms. The molecule has 6 nitrogen and oxygen atoms in total. The van der Waals surface area contributed by atoms with Crippen molar-refractivity contribution in [1.29, 1.82) is 0 Å². The van der Waals surface area contributed by atoms with Crippen LogP contribution in [0.5, 0.6) is 11.5 Å². The van der Waals surface area contributed by atoms with Gasteiger partial charge in [0.15, 0.2) is 11.5 Å². The number of aryl methyl sites for hydroxylation is 1. The van der Waals surface area contributed by atoms with E-state index in [2.05, 4.69) is 53.8 Å². The van der Waals surface area contributed by atoms with Crippen LogP contribution < -0.4 is 20.1 Å². The summed E-state index contributed by atoms with van der Waals surface area (Å²) in [5.41, 5.74) is 3.55. The van der Waals surface area contributed by atoms with Gasteiger partial charge in [-0.15, -0.1) is 0 Å². The summed E-state index contributed by atoms with van der Waals surface area (Å²) in [6, 6.07) is 15.0. The van der Waals surface area contributed by atoms with Crippen molar-refractivity contribution in [3.63, 3.8) is 0 Å². The van der Waals surface area contributed by atoms with E-state index >= 15 is 0 Å². The van der Waals surface area contributed by atoms with Gasteiger partial charge < -0.3 is 25.0 Å². The third kappa shape index (κ3) is 5.02. The SMILES string of the molecule is CCCCc1ccc(NC(=O)N[C@@H]2CC[C@@]3(c4ccc(OC)c(OC)c4)CCN(C)[C@H]3C2)cc1. The zero-order chi connectivity index (χ0) is 24.1. The number of nitrogens with zero attached hydrogens (tertiary/aromatic N) is 1. The van der Waals surface area contributed by atoms with Crippen LogP contribution in [0.3, 0.4) is 0 Å². The van der Waals surface area contributed by atoms with Crippen LogP contribution in [0.15, 0.2) is 42.5 Å². The molecule has 0 bridgehead atoms. The van der Waals surface area contributed by atoms with Gasteiger partial charge in [-0.2, -0.15) is 0 Å². The lowest BCUT2D eigenvalue weighted by Gasteiger charge is -2.45. The van der Waals surface area contributed by atoms with E-state index in [1.54, 1.807) is 14.2 Å². The first-order valence-electron chi connectivity index (χ1n) is 12.6. The van der Waals surface area contributed by atoms with Crippen molar-refractivity contribution in [1.82, 2.24) is 10.2 Å². The molecule has 0 spiro atoms. The first-order valence-corrected chi connectivity index (χ1v) is 12.6. The van der Waals surface area contributed by atoms with Crippen LogP contribution in [0.2, 0.25) is 0 Å². The zero-order valence-electron chi connectivity index (χ0n) is 21.0. The van der Waals surface area contributed by atoms with Gasteiger partial charge in [0.1, 0.15) is 0 Å². The molecule has 0 unspecified atom stereocenters. The smallest absolute Gasteiger partial charge is 0.319 e. The Bertz CT molecular complexity index is 977. The lowest BCUT2D eigenvalue weighted by atomic mass is 9.65. The number of hydrogen-bond acceptors (Lipinski definition) is 4. The summed E-state index contributed by atoms with van der Waals surface area (Å²) in [6.07, 6.45) is 7.52. The molecule has 4 rings (SSSR count). The highest BCUT2D eigenvalue weighted by molar-refractivity contribution is 5.89. The number of hydrogen-bond donors (Lipinski definition) is 2. The van der Waals surface area contributed by atoms with E-state index in [1.807, 2.05) is 18.2 Å². The van der Waals surface area contributed by atoms with Crippen molar-refractivity contribution in [2.24, 2.45) is 0 Å². The maximum Gasteiger partial charge on any atom is 0.319 e. The van der Waals surface area contributed by atoms with Gasteiger partial charge in [0.05, 0.1) is 14.2 Å². The van der Waals surface area contributed by atoms with Crippen molar-refractivity contribution in [2.45, 2.75) is 69.4 Å². The fourth-order valence-electron chi connectivity index (χ4n) is 5.88. The Hall–Kier alpha value is -2.73. The summed E-state index contributed by atoms with van der Waals surface area (Å²) in [7, 11) is 5.57. The van der Waals surface area contributed by atoms with Crippen LogP contribution in [-0.2, 0) is 11.8 Å². The summed E-state index contributed by atoms with van der Waals surface area (Å²) in [5.74, 6) is 1.54. The molecule has 1 saturated heterocycles. The minimum Gasteiger partial charge on any atom is -0.493 e. The van der Waals surface area contributed by atoms with Gasteiger partial charge >= 0.3 is 6.03 Å². The minimum atomic E-state index is -0.120. The number of amides is 2. The molecule has 3 atom stereocenters. The molecule has 6 heteroatoms. The second kappa shape index (κ2) is 10.7. The topological polar surface area (TPSA) is 62.8 Å². The molecule has 1 aliphatic carbocycles. The van der Waals surface area contributed by atoms with Crippen molar-refractivity contribution >= 4 is 11.7 Å². The Kier molecular flexibility index (Phi) is 7.67. The van der Waals surface area contributed by atoms with Gasteiger partial charge in [0.2, 0.25) is 0 Å². The largest absolute Gasteiger partial charge is 0.493 e. The average molecular weight is 466 g/mol. The monoisotopic (exact) mass is 465 g/mol. The summed E-state index contributed by atoms with van der Waals surface area (Å²) < 4.78 is 11.0. The van der Waals surface area contributed by atoms with Crippen molar-refractivity contribution in [2.75, 3.05) is 33.1 Å². The summed E-state index contributed by atoms with van der Waals surface area (Å²) >= 11 is 0. The number of carbonyl (C=O) groups is 1. The van der Waals surface area contributed by atoms with Crippen molar-refractivity contribution in [3.05, 3.63) is 53.6 Å². The highest BCUT2D eigenvalue weighted by Crippen LogP contribution is 2.49. The van der Waals surface area contributed by atoms with Crippen LogP contribution in [-0.4, -0.2) is 50.8 Å². The number of unbranched alkanes of at least 4 members (excludes halogenated alkanes) is 1. The van der Waals surface area contributed by atoms with Gasteiger partial charge in [-0.3, -0.25) is 0 Å². The Morgan fingerprint density at radius 1 is 1.09 bits per heavy atom. The number of urea groups is 1. The van der Waals surface area contributed by atoms with E-state index in [9.17, 15) is 4.79 Å². The number of rotatable bonds is 8. The number of carbonyl (C=O) groups excluding carboxylic acids is 1. The lowest BCUT2D eigenvalue weighted by molar-refractivity contribution is 0.156. The lowest BCUT2D eigenvalue weighted by Crippen LogP contribution is -2.52. The fraction of sp³-hybridized carbons (Fsp3) is 0.536. The maximum atomic E-state index is 12.7. The molecule has 2 aromatic rings. The minimum absolute atomic E-state index is 0.0806. The number of ether oxygens (including phenoxy) is 2. The highest BCUT2D eigenvalue weighted by Gasteiger charge is 2.50. The second-order valence-corrected chi connectivity index (χ2v) is 9.84. The third-order valence-electron chi connectivity index (χ3n) is 7.85. The first-order chi connectivity index (χ1) is 16.5. The number of methoxy groups -OCH3 is 2. The van der Waals surface area contributed by atoms with Crippen molar-refractivity contribution in [3.8, 4) is 11.5 Å². The maximum absolute atomic E-state index is 12.7. The Labute approximate surface area is 204 Å². The predicted molar refractivity (Wildman–Crippen MR) is 137 cm³/mol. The molecule has 0 aromatic heterocycles. The van der Waals surface area contributed by atoms with Crippen LogP contribution in [0.25, 0.3) is 0 Å². The number of likely N-dealkylation sites (N-methyl/N-ethyl adjacent to an activating group) is 1. The summed E-state index contributed by atoms with van der Waals surface area (Å²) in [4.78, 5) is 15.2. The molecule has 1 saturated carbocycles. The van der Waals surface area contributed by atoms with E-state index in [0.29, 0.717) is 6.04 Å². The summed E-state index contributed by atoms with van der Waals surface area (Å²) in [6.45, 7) is 3.26. The number of fused-ring (bicyclic) bond motifs is 1. The van der Waals surface area contributed by atoms with Gasteiger partial charge in [0.25, 0.3) is 0 Å². The highest BCUT2D eigenvalue weighted by atomic mass is 16.5. The molecule has 2 amide bonds. The average Bonchev–Trinajstić information content (AvgIpc) is 3.20. The van der Waals surface area contributed by atoms with Gasteiger partial charge in [-0.1, -0.05) is 31.5 Å². The standard InChI is InChI=1S/C28H39N3O3/c1-5-6-7-20-8-11-22(12-9-20)29-27(32)30-23-14-15-28(16-17-31(2)26(28)19-23)21-10-13-24(33-3)25(18-21)34-4/h8-13,18,23,26H,5-7,14-17,19H2,1-4H3,(H2,29,30,32)/t23-,26+,28+/m1/s1. The number of anilines is 1. The zero-order valence-corrected chi connectivity index (χ0v) is 21.0. The summed E-state index contributed by atoms with van der Waals surface area (Å²) in [5, 5.41) is 6.26. The molecule has 2 N–H and O–H groups in total. The number of nitrogens with one attached hydrogen (secondary N) is 2. The van der Waals surface area contributed by atoms with E-state index in [-0.39, 0.29) is 17.5 Å². The van der Waals surface area contributed by atoms with E-state index < -0.39 is 0 Å². The van der Waals surface area contributed by atoms with Gasteiger partial charge in [-0.25, -0.2) is 4.79 Å². The molecule has 0 radical (unpaired) electrons. The molecule has 1 heterocycles. The normalized spacial score (nSPS) is 24.4. The van der Waals surface area contributed by atoms with Crippen LogP contribution in [0.1, 0.15) is 56.6 Å². The second-order valence-electron chi connectivity index (χ2n) is 9.84. The molecular weight excluding hydrogens is 426 g/mol. The number of benzene rings is 2. The van der Waals surface area contributed by atoms with Crippen LogP contribution >= 0.6 is 0 Å². The van der Waals surface area contributed by atoms with Crippen LogP contribution in [0.4, 0.5) is 10.5 Å². The fourth-order valence-corrected chi connectivity index (χ4v) is 5.88. The first kappa shape index (κ1) is 24.4. The Balaban J connectivity index is 1.41. The van der Waals surface area contributed by atoms with E-state index in [1.165, 1.54) is 24.0 Å². The van der Waals surface area contributed by atoms with Gasteiger partial charge in [0, 0.05) is 23.2 Å². The Morgan fingerprint density at radius 2 is 1.85 bits per heavy atom. The quantitative estimate of drug-likeness (QED) is 0.551. The third-order valence-corrected chi connectivity index (χ3v) is 7.85. The molecule has 2 fully saturated rings. The molecule has 2 aliphatic rings. The molecule has 1 aliphatic heterocycles. The molecular formula is C28H39N3O3. The van der Waals surface area contributed by atoms with Gasteiger partial charge in [-0.05, 0) is 87.5 Å². The van der Waals surface area contributed by atoms with Crippen LogP contribution in [0, 0.1) is 0 Å².